The van der Waals surface area contributed by atoms with E-state index >= 15 is 0 Å². The van der Waals surface area contributed by atoms with E-state index in [0.717, 1.165) is 0 Å². The Kier molecular flexibility index (Phi) is 9.36. The number of aliphatic carboxylic acids is 1. The van der Waals surface area contributed by atoms with E-state index in [2.05, 4.69) is 6.58 Å². The van der Waals surface area contributed by atoms with Crippen LogP contribution < -0.4 is 5.73 Å². The molecule has 0 bridgehead atoms. The van der Waals surface area contributed by atoms with E-state index in [1.807, 2.05) is 0 Å². The minimum Gasteiger partial charge on any atom is -0.475 e. The number of ether oxygens (including phenoxy) is 1. The fourth-order valence-corrected chi connectivity index (χ4v) is 0.250. The van der Waals surface area contributed by atoms with Crippen molar-refractivity contribution in [3.05, 3.63) is 12.7 Å². The topological polar surface area (TPSA) is 72.5 Å². The number of carboxylic acid groups (broad SMARTS) is 1. The first-order chi connectivity index (χ1) is 6.36. The quantitative estimate of drug-likeness (QED) is 0.537. The van der Waals surface area contributed by atoms with Crippen molar-refractivity contribution >= 4 is 5.97 Å². The van der Waals surface area contributed by atoms with E-state index in [1.165, 1.54) is 0 Å². The maximum Gasteiger partial charge on any atom is 0.490 e. The van der Waals surface area contributed by atoms with Gasteiger partial charge in [0.05, 0.1) is 13.2 Å². The summed E-state index contributed by atoms with van der Waals surface area (Å²) < 4.78 is 36.6. The molecule has 0 rings (SSSR count). The van der Waals surface area contributed by atoms with Gasteiger partial charge in [0, 0.05) is 6.54 Å². The third-order valence-corrected chi connectivity index (χ3v) is 0.740. The van der Waals surface area contributed by atoms with Gasteiger partial charge in [-0.15, -0.1) is 6.58 Å². The van der Waals surface area contributed by atoms with Crippen LogP contribution in [0.1, 0.15) is 0 Å². The van der Waals surface area contributed by atoms with Crippen LogP contribution in [0.4, 0.5) is 13.2 Å². The maximum atomic E-state index is 10.6. The zero-order valence-corrected chi connectivity index (χ0v) is 7.38. The second-order valence-electron chi connectivity index (χ2n) is 1.96. The molecule has 0 aromatic rings. The lowest BCUT2D eigenvalue weighted by Gasteiger charge is -1.93. The highest BCUT2D eigenvalue weighted by Gasteiger charge is 2.38. The number of carbonyl (C=O) groups is 1. The molecule has 4 nitrogen and oxygen atoms in total. The van der Waals surface area contributed by atoms with Crippen LogP contribution in [0.15, 0.2) is 12.7 Å². The molecule has 0 unspecified atom stereocenters. The fourth-order valence-electron chi connectivity index (χ4n) is 0.250. The number of nitrogens with two attached hydrogens (primary N) is 1. The molecule has 0 spiro atoms. The molecule has 0 aromatic heterocycles. The largest absolute Gasteiger partial charge is 0.490 e. The summed E-state index contributed by atoms with van der Waals surface area (Å²) in [5.74, 6) is -2.76. The molecule has 0 radical (unpaired) electrons. The Bertz CT molecular complexity index is 170. The minimum atomic E-state index is -5.08. The molecule has 0 saturated heterocycles. The second kappa shape index (κ2) is 8.52. The molecule has 0 heterocycles. The zero-order chi connectivity index (χ0) is 11.6. The van der Waals surface area contributed by atoms with Gasteiger partial charge in [-0.1, -0.05) is 6.08 Å². The average Bonchev–Trinajstić information content (AvgIpc) is 2.05. The SMILES string of the molecule is C=CCOCCN.O=C(O)C(F)(F)F. The van der Waals surface area contributed by atoms with E-state index in [4.69, 9.17) is 20.4 Å². The van der Waals surface area contributed by atoms with Crippen LogP contribution in [-0.4, -0.2) is 37.0 Å². The molecular weight excluding hydrogens is 203 g/mol. The van der Waals surface area contributed by atoms with E-state index < -0.39 is 12.1 Å². The van der Waals surface area contributed by atoms with Crippen LogP contribution in [0.5, 0.6) is 0 Å². The summed E-state index contributed by atoms with van der Waals surface area (Å²) in [6, 6.07) is 0. The van der Waals surface area contributed by atoms with Gasteiger partial charge in [0.15, 0.2) is 0 Å². The van der Waals surface area contributed by atoms with Crippen molar-refractivity contribution in [2.75, 3.05) is 19.8 Å². The van der Waals surface area contributed by atoms with Gasteiger partial charge in [-0.2, -0.15) is 13.2 Å². The van der Waals surface area contributed by atoms with Gasteiger partial charge in [-0.25, -0.2) is 4.79 Å². The van der Waals surface area contributed by atoms with Gasteiger partial charge >= 0.3 is 12.1 Å². The van der Waals surface area contributed by atoms with Crippen LogP contribution in [0.3, 0.4) is 0 Å². The van der Waals surface area contributed by atoms with Gasteiger partial charge in [-0.3, -0.25) is 0 Å². The summed E-state index contributed by atoms with van der Waals surface area (Å²) >= 11 is 0. The molecule has 0 aliphatic rings. The summed E-state index contributed by atoms with van der Waals surface area (Å²) in [5, 5.41) is 7.12. The third kappa shape index (κ3) is 13.5. The molecule has 7 heteroatoms. The predicted molar refractivity (Wildman–Crippen MR) is 43.8 cm³/mol. The summed E-state index contributed by atoms with van der Waals surface area (Å²) in [6.45, 7) is 5.30. The normalized spacial score (nSPS) is 10.0. The molecule has 3 N–H and O–H groups in total. The highest BCUT2D eigenvalue weighted by molar-refractivity contribution is 5.73. The molecule has 0 aliphatic heterocycles. The Morgan fingerprint density at radius 2 is 2.00 bits per heavy atom. The predicted octanol–water partition coefficient (Wildman–Crippen LogP) is 0.781. The van der Waals surface area contributed by atoms with Crippen molar-refractivity contribution in [3.8, 4) is 0 Å². The van der Waals surface area contributed by atoms with Gasteiger partial charge in [0.1, 0.15) is 0 Å². The standard InChI is InChI=1S/C5H11NO.C2HF3O2/c1-2-4-7-5-3-6;3-2(4,5)1(6)7/h2H,1,3-6H2;(H,6,7). The van der Waals surface area contributed by atoms with Crippen molar-refractivity contribution < 1.29 is 27.8 Å². The molecule has 0 aliphatic carbocycles. The number of hydrogen-bond acceptors (Lipinski definition) is 3. The van der Waals surface area contributed by atoms with Crippen molar-refractivity contribution in [2.24, 2.45) is 5.73 Å². The minimum absolute atomic E-state index is 0.591. The maximum absolute atomic E-state index is 10.6. The van der Waals surface area contributed by atoms with Crippen LogP contribution in [0, 0.1) is 0 Å². The Balaban J connectivity index is 0. The first kappa shape index (κ1) is 15.4. The van der Waals surface area contributed by atoms with Gasteiger partial charge in [-0.05, 0) is 0 Å². The highest BCUT2D eigenvalue weighted by Crippen LogP contribution is 2.13. The Hall–Kier alpha value is -1.08. The molecule has 0 aromatic carbocycles. The molecule has 0 fully saturated rings. The first-order valence-electron chi connectivity index (χ1n) is 3.55. The van der Waals surface area contributed by atoms with Crippen molar-refractivity contribution in [1.29, 1.82) is 0 Å². The van der Waals surface area contributed by atoms with E-state index in [-0.39, 0.29) is 0 Å². The van der Waals surface area contributed by atoms with Crippen LogP contribution in [0.25, 0.3) is 0 Å². The van der Waals surface area contributed by atoms with Gasteiger partial charge < -0.3 is 15.6 Å². The summed E-state index contributed by atoms with van der Waals surface area (Å²) in [5.41, 5.74) is 5.11. The lowest BCUT2D eigenvalue weighted by Crippen LogP contribution is -2.21. The third-order valence-electron chi connectivity index (χ3n) is 0.740. The fraction of sp³-hybridized carbons (Fsp3) is 0.571. The van der Waals surface area contributed by atoms with E-state index in [1.54, 1.807) is 6.08 Å². The molecule has 0 amide bonds. The van der Waals surface area contributed by atoms with E-state index in [9.17, 15) is 13.2 Å². The van der Waals surface area contributed by atoms with Crippen LogP contribution >= 0.6 is 0 Å². The Morgan fingerprint density at radius 1 is 1.57 bits per heavy atom. The summed E-state index contributed by atoms with van der Waals surface area (Å²) in [4.78, 5) is 8.90. The first-order valence-corrected chi connectivity index (χ1v) is 3.55. The number of halogens is 3. The van der Waals surface area contributed by atoms with Crippen LogP contribution in [0.2, 0.25) is 0 Å². The van der Waals surface area contributed by atoms with E-state index in [0.29, 0.717) is 19.8 Å². The summed E-state index contributed by atoms with van der Waals surface area (Å²) in [6.07, 6.45) is -3.38. The molecular formula is C7H12F3NO3. The molecule has 0 saturated carbocycles. The lowest BCUT2D eigenvalue weighted by molar-refractivity contribution is -0.192. The number of carboxylic acids is 1. The summed E-state index contributed by atoms with van der Waals surface area (Å²) in [7, 11) is 0. The lowest BCUT2D eigenvalue weighted by atomic mass is 10.7. The van der Waals surface area contributed by atoms with Crippen LogP contribution in [-0.2, 0) is 9.53 Å². The number of hydrogen-bond donors (Lipinski definition) is 2. The van der Waals surface area contributed by atoms with Gasteiger partial charge in [0.2, 0.25) is 0 Å². The highest BCUT2D eigenvalue weighted by atomic mass is 19.4. The molecule has 0 atom stereocenters. The van der Waals surface area contributed by atoms with Gasteiger partial charge in [0.25, 0.3) is 0 Å². The average molecular weight is 215 g/mol. The van der Waals surface area contributed by atoms with Crippen molar-refractivity contribution in [2.45, 2.75) is 6.18 Å². The molecule has 14 heavy (non-hydrogen) atoms. The Labute approximate surface area is 79.2 Å². The zero-order valence-electron chi connectivity index (χ0n) is 7.38. The number of rotatable bonds is 4. The number of alkyl halides is 3. The smallest absolute Gasteiger partial charge is 0.475 e. The Morgan fingerprint density at radius 3 is 2.21 bits per heavy atom. The molecule has 84 valence electrons. The second-order valence-corrected chi connectivity index (χ2v) is 1.96. The van der Waals surface area contributed by atoms with Crippen molar-refractivity contribution in [1.82, 2.24) is 0 Å². The monoisotopic (exact) mass is 215 g/mol. The van der Waals surface area contributed by atoms with Crippen molar-refractivity contribution in [3.63, 3.8) is 0 Å².